The fraction of sp³-hybridized carbons (Fsp3) is 0.429. The molecule has 4 heteroatoms. The Bertz CT molecular complexity index is 419. The first-order chi connectivity index (χ1) is 8.70. The van der Waals surface area contributed by atoms with Gasteiger partial charge in [-0.15, -0.1) is 0 Å². The van der Waals surface area contributed by atoms with Crippen LogP contribution < -0.4 is 10.6 Å². The van der Waals surface area contributed by atoms with Gasteiger partial charge in [-0.3, -0.25) is 15.4 Å². The van der Waals surface area contributed by atoms with E-state index >= 15 is 0 Å². The smallest absolute Gasteiger partial charge is 0.164 e. The Morgan fingerprint density at radius 3 is 2.61 bits per heavy atom. The lowest BCUT2D eigenvalue weighted by molar-refractivity contribution is -0.121. The Kier molecular flexibility index (Phi) is 4.23. The molecule has 0 saturated carbocycles. The second kappa shape index (κ2) is 5.89. The molecule has 2 unspecified atom stereocenters. The second-order valence-corrected chi connectivity index (χ2v) is 4.67. The van der Waals surface area contributed by atoms with Crippen molar-refractivity contribution < 1.29 is 9.59 Å². The van der Waals surface area contributed by atoms with Gasteiger partial charge >= 0.3 is 0 Å². The number of aryl methyl sites for hydroxylation is 1. The molecule has 18 heavy (non-hydrogen) atoms. The lowest BCUT2D eigenvalue weighted by atomic mass is 10.1. The Labute approximate surface area is 107 Å². The number of nitrogens with one attached hydrogen (secondary N) is 2. The molecule has 2 N–H and O–H groups in total. The fourth-order valence-electron chi connectivity index (χ4n) is 2.15. The Balaban J connectivity index is 1.84. The van der Waals surface area contributed by atoms with Gasteiger partial charge in [-0.1, -0.05) is 30.3 Å². The van der Waals surface area contributed by atoms with Crippen LogP contribution in [0.1, 0.15) is 18.9 Å². The molecule has 1 heterocycles. The van der Waals surface area contributed by atoms with Crippen molar-refractivity contribution in [2.45, 2.75) is 38.0 Å². The summed E-state index contributed by atoms with van der Waals surface area (Å²) < 4.78 is 0. The molecule has 0 amide bonds. The van der Waals surface area contributed by atoms with Gasteiger partial charge in [-0.2, -0.15) is 0 Å². The summed E-state index contributed by atoms with van der Waals surface area (Å²) in [5, 5.41) is 6.10. The van der Waals surface area contributed by atoms with Crippen molar-refractivity contribution in [3.8, 4) is 0 Å². The highest BCUT2D eigenvalue weighted by atomic mass is 16.1. The zero-order valence-electron chi connectivity index (χ0n) is 10.4. The van der Waals surface area contributed by atoms with Gasteiger partial charge in [0.2, 0.25) is 0 Å². The van der Waals surface area contributed by atoms with Gasteiger partial charge in [0.05, 0.1) is 6.04 Å². The molecular weight excluding hydrogens is 228 g/mol. The van der Waals surface area contributed by atoms with Gasteiger partial charge < -0.3 is 4.79 Å². The predicted molar refractivity (Wildman–Crippen MR) is 69.1 cm³/mol. The highest BCUT2D eigenvalue weighted by Gasteiger charge is 2.32. The van der Waals surface area contributed by atoms with Crippen LogP contribution in [0, 0.1) is 0 Å². The van der Waals surface area contributed by atoms with E-state index in [1.165, 1.54) is 0 Å². The third-order valence-corrected chi connectivity index (χ3v) is 3.30. The normalized spacial score (nSPS) is 27.1. The van der Waals surface area contributed by atoms with E-state index in [4.69, 9.17) is 0 Å². The number of benzene rings is 1. The summed E-state index contributed by atoms with van der Waals surface area (Å²) in [7, 11) is 0. The molecule has 4 nitrogen and oxygen atoms in total. The minimum Gasteiger partial charge on any atom is -0.302 e. The third-order valence-electron chi connectivity index (χ3n) is 3.30. The molecule has 0 radical (unpaired) electrons. The highest BCUT2D eigenvalue weighted by Crippen LogP contribution is 2.08. The van der Waals surface area contributed by atoms with Crippen LogP contribution in [0.5, 0.6) is 0 Å². The molecule has 0 aliphatic carbocycles. The van der Waals surface area contributed by atoms with E-state index in [0.29, 0.717) is 6.42 Å². The summed E-state index contributed by atoms with van der Waals surface area (Å²) in [6, 6.07) is 9.66. The zero-order chi connectivity index (χ0) is 13.0. The van der Waals surface area contributed by atoms with Crippen molar-refractivity contribution in [2.75, 3.05) is 0 Å². The average molecular weight is 246 g/mol. The van der Waals surface area contributed by atoms with Gasteiger partial charge in [0.15, 0.2) is 5.78 Å². The van der Waals surface area contributed by atoms with Gasteiger partial charge in [0, 0.05) is 12.5 Å². The second-order valence-electron chi connectivity index (χ2n) is 4.67. The molecule has 0 bridgehead atoms. The van der Waals surface area contributed by atoms with Crippen LogP contribution in [0.15, 0.2) is 30.3 Å². The highest BCUT2D eigenvalue weighted by molar-refractivity contribution is 5.85. The van der Waals surface area contributed by atoms with Crippen LogP contribution >= 0.6 is 0 Å². The molecule has 3 atom stereocenters. The van der Waals surface area contributed by atoms with Crippen LogP contribution in [-0.2, 0) is 16.0 Å². The molecular formula is C14H18N2O2. The monoisotopic (exact) mass is 246 g/mol. The maximum absolute atomic E-state index is 12.0. The maximum atomic E-state index is 12.0. The molecule has 2 rings (SSSR count). The number of carbonyl (C=O) groups excluding carboxylic acids is 2. The summed E-state index contributed by atoms with van der Waals surface area (Å²) in [6.07, 6.45) is 1.67. The number of hydrogen-bond acceptors (Lipinski definition) is 4. The Hall–Kier alpha value is -1.52. The van der Waals surface area contributed by atoms with E-state index in [-0.39, 0.29) is 24.0 Å². The summed E-state index contributed by atoms with van der Waals surface area (Å²) in [5.41, 5.74) is 1.16. The molecule has 1 aliphatic heterocycles. The van der Waals surface area contributed by atoms with Crippen molar-refractivity contribution in [2.24, 2.45) is 0 Å². The molecule has 1 aliphatic rings. The molecule has 1 aromatic carbocycles. The average Bonchev–Trinajstić information content (AvgIpc) is 2.78. The van der Waals surface area contributed by atoms with Crippen LogP contribution in [0.2, 0.25) is 0 Å². The van der Waals surface area contributed by atoms with E-state index in [1.807, 2.05) is 37.3 Å². The van der Waals surface area contributed by atoms with Crippen molar-refractivity contribution in [3.05, 3.63) is 35.9 Å². The first-order valence-corrected chi connectivity index (χ1v) is 6.25. The predicted octanol–water partition coefficient (Wildman–Crippen LogP) is 0.663. The molecule has 1 aromatic rings. The van der Waals surface area contributed by atoms with E-state index in [9.17, 15) is 9.59 Å². The minimum absolute atomic E-state index is 0.00757. The summed E-state index contributed by atoms with van der Waals surface area (Å²) in [4.78, 5) is 22.7. The van der Waals surface area contributed by atoms with Gasteiger partial charge in [0.25, 0.3) is 0 Å². The first kappa shape index (κ1) is 12.9. The first-order valence-electron chi connectivity index (χ1n) is 6.25. The van der Waals surface area contributed by atoms with Crippen molar-refractivity contribution in [1.82, 2.24) is 10.6 Å². The van der Waals surface area contributed by atoms with Crippen molar-refractivity contribution in [1.29, 1.82) is 0 Å². The molecule has 1 fully saturated rings. The Morgan fingerprint density at radius 1 is 1.28 bits per heavy atom. The summed E-state index contributed by atoms with van der Waals surface area (Å²) in [5.74, 6) is 0.107. The van der Waals surface area contributed by atoms with Crippen molar-refractivity contribution in [3.63, 3.8) is 0 Å². The van der Waals surface area contributed by atoms with Crippen LogP contribution in [0.3, 0.4) is 0 Å². The van der Waals surface area contributed by atoms with Crippen LogP contribution in [0.25, 0.3) is 0 Å². The van der Waals surface area contributed by atoms with Crippen molar-refractivity contribution >= 4 is 12.1 Å². The topological polar surface area (TPSA) is 58.2 Å². The van der Waals surface area contributed by atoms with Gasteiger partial charge in [-0.05, 0) is 18.9 Å². The zero-order valence-corrected chi connectivity index (χ0v) is 10.4. The lowest BCUT2D eigenvalue weighted by Gasteiger charge is -2.10. The van der Waals surface area contributed by atoms with Gasteiger partial charge in [-0.25, -0.2) is 0 Å². The van der Waals surface area contributed by atoms with Gasteiger partial charge in [0.1, 0.15) is 12.5 Å². The SMILES string of the molecule is C[C@@H]1NC(C(=O)CCc2ccccc2)NC1C=O. The van der Waals surface area contributed by atoms with E-state index in [1.54, 1.807) is 0 Å². The number of carbonyl (C=O) groups is 2. The fourth-order valence-corrected chi connectivity index (χ4v) is 2.15. The van der Waals surface area contributed by atoms with E-state index < -0.39 is 0 Å². The summed E-state index contributed by atoms with van der Waals surface area (Å²) in [6.45, 7) is 1.90. The van der Waals surface area contributed by atoms with Crippen LogP contribution in [-0.4, -0.2) is 30.3 Å². The van der Waals surface area contributed by atoms with E-state index in [0.717, 1.165) is 18.3 Å². The quantitative estimate of drug-likeness (QED) is 0.750. The number of ketones is 1. The summed E-state index contributed by atoms with van der Waals surface area (Å²) >= 11 is 0. The number of rotatable bonds is 5. The maximum Gasteiger partial charge on any atom is 0.164 e. The number of aldehydes is 1. The molecule has 1 saturated heterocycles. The number of Topliss-reactive ketones (excluding diaryl/α,β-unsaturated/α-hetero) is 1. The number of hydrogen-bond donors (Lipinski definition) is 2. The molecule has 0 aromatic heterocycles. The van der Waals surface area contributed by atoms with Crippen LogP contribution in [0.4, 0.5) is 0 Å². The molecule has 0 spiro atoms. The lowest BCUT2D eigenvalue weighted by Crippen LogP contribution is -2.41. The standard InChI is InChI=1S/C14H18N2O2/c1-10-12(9-17)16-14(15-10)13(18)8-7-11-5-3-2-4-6-11/h2-6,9-10,12,14-16H,7-8H2,1H3/t10-,12?,14?/m0/s1. The molecule has 96 valence electrons. The third kappa shape index (κ3) is 3.03. The van der Waals surface area contributed by atoms with E-state index in [2.05, 4.69) is 10.6 Å². The minimum atomic E-state index is -0.390. The largest absolute Gasteiger partial charge is 0.302 e. The Morgan fingerprint density at radius 2 is 2.00 bits per heavy atom.